The Balaban J connectivity index is 2.54. The normalized spacial score (nSPS) is 17.6. The minimum atomic E-state index is -1.28. The van der Waals surface area contributed by atoms with Crippen LogP contribution in [0.25, 0.3) is 0 Å². The smallest absolute Gasteiger partial charge is 0.338 e. The number of halogens is 2. The third kappa shape index (κ3) is 3.85. The lowest BCUT2D eigenvalue weighted by molar-refractivity contribution is -0.141. The van der Waals surface area contributed by atoms with Crippen LogP contribution in [-0.2, 0) is 14.3 Å². The molecule has 6 nitrogen and oxygen atoms in total. The van der Waals surface area contributed by atoms with Gasteiger partial charge in [-0.1, -0.05) is 6.07 Å². The van der Waals surface area contributed by atoms with Crippen molar-refractivity contribution in [2.45, 2.75) is 32.9 Å². The SMILES string of the molecule is COCCOC(=O)C1=C(C)N(C(C)C)C(=O)N[C@@H]1c1c(F)cccc1F. The average molecular weight is 368 g/mol. The molecule has 0 saturated carbocycles. The monoisotopic (exact) mass is 368 g/mol. The summed E-state index contributed by atoms with van der Waals surface area (Å²) >= 11 is 0. The van der Waals surface area contributed by atoms with E-state index < -0.39 is 35.2 Å². The zero-order valence-electron chi connectivity index (χ0n) is 15.1. The second-order valence-electron chi connectivity index (χ2n) is 6.11. The standard InChI is InChI=1S/C18H22F2N2O4/c1-10(2)22-11(3)14(17(23)26-9-8-25-4)16(21-18(22)24)15-12(19)6-5-7-13(15)20/h5-7,10,16H,8-9H2,1-4H3,(H,21,24)/t16-/m0/s1. The van der Waals surface area contributed by atoms with Gasteiger partial charge in [0.25, 0.3) is 0 Å². The molecule has 142 valence electrons. The van der Waals surface area contributed by atoms with Crippen molar-refractivity contribution in [2.24, 2.45) is 0 Å². The first kappa shape index (κ1) is 19.8. The van der Waals surface area contributed by atoms with Gasteiger partial charge < -0.3 is 14.8 Å². The Morgan fingerprint density at radius 1 is 1.27 bits per heavy atom. The fourth-order valence-electron chi connectivity index (χ4n) is 2.94. The van der Waals surface area contributed by atoms with E-state index in [4.69, 9.17) is 9.47 Å². The third-order valence-corrected chi connectivity index (χ3v) is 4.07. The summed E-state index contributed by atoms with van der Waals surface area (Å²) in [4.78, 5) is 26.4. The van der Waals surface area contributed by atoms with Gasteiger partial charge in [0.05, 0.1) is 23.8 Å². The third-order valence-electron chi connectivity index (χ3n) is 4.07. The Hall–Kier alpha value is -2.48. The number of nitrogens with one attached hydrogen (secondary N) is 1. The van der Waals surface area contributed by atoms with Crippen molar-refractivity contribution >= 4 is 12.0 Å². The molecule has 8 heteroatoms. The van der Waals surface area contributed by atoms with Crippen molar-refractivity contribution in [2.75, 3.05) is 20.3 Å². The van der Waals surface area contributed by atoms with Gasteiger partial charge in [-0.05, 0) is 32.9 Å². The summed E-state index contributed by atoms with van der Waals surface area (Å²) < 4.78 is 38.6. The van der Waals surface area contributed by atoms with E-state index in [-0.39, 0.29) is 24.8 Å². The van der Waals surface area contributed by atoms with Gasteiger partial charge in [0.2, 0.25) is 0 Å². The number of allylic oxidation sites excluding steroid dienone is 1. The molecule has 1 atom stereocenters. The Morgan fingerprint density at radius 2 is 1.88 bits per heavy atom. The van der Waals surface area contributed by atoms with Gasteiger partial charge in [0.15, 0.2) is 0 Å². The van der Waals surface area contributed by atoms with Crippen LogP contribution in [0.1, 0.15) is 32.4 Å². The van der Waals surface area contributed by atoms with Crippen LogP contribution in [0.2, 0.25) is 0 Å². The van der Waals surface area contributed by atoms with E-state index in [9.17, 15) is 18.4 Å². The Kier molecular flexibility index (Phi) is 6.31. The van der Waals surface area contributed by atoms with Crippen molar-refractivity contribution in [3.63, 3.8) is 0 Å². The fraction of sp³-hybridized carbons (Fsp3) is 0.444. The number of carbonyl (C=O) groups excluding carboxylic acids is 2. The highest BCUT2D eigenvalue weighted by atomic mass is 19.1. The molecular formula is C18H22F2N2O4. The first-order valence-corrected chi connectivity index (χ1v) is 8.20. The molecule has 1 aromatic carbocycles. The van der Waals surface area contributed by atoms with E-state index in [0.29, 0.717) is 5.70 Å². The van der Waals surface area contributed by atoms with Gasteiger partial charge in [-0.3, -0.25) is 4.90 Å². The predicted octanol–water partition coefficient (Wildman–Crippen LogP) is 2.90. The van der Waals surface area contributed by atoms with Gasteiger partial charge >= 0.3 is 12.0 Å². The van der Waals surface area contributed by atoms with Crippen LogP contribution in [-0.4, -0.2) is 43.3 Å². The largest absolute Gasteiger partial charge is 0.460 e. The topological polar surface area (TPSA) is 67.9 Å². The maximum Gasteiger partial charge on any atom is 0.338 e. The predicted molar refractivity (Wildman–Crippen MR) is 90.1 cm³/mol. The van der Waals surface area contributed by atoms with Crippen LogP contribution < -0.4 is 5.32 Å². The Bertz CT molecular complexity index is 714. The first-order valence-electron chi connectivity index (χ1n) is 8.20. The van der Waals surface area contributed by atoms with Gasteiger partial charge in [0.1, 0.15) is 18.2 Å². The lowest BCUT2D eigenvalue weighted by atomic mass is 9.93. The lowest BCUT2D eigenvalue weighted by Crippen LogP contribution is -2.50. The second kappa shape index (κ2) is 8.27. The Labute approximate surface area is 150 Å². The summed E-state index contributed by atoms with van der Waals surface area (Å²) in [7, 11) is 1.46. The maximum atomic E-state index is 14.3. The Morgan fingerprint density at radius 3 is 2.42 bits per heavy atom. The molecule has 0 spiro atoms. The number of methoxy groups -OCH3 is 1. The van der Waals surface area contributed by atoms with Crippen LogP contribution in [0.5, 0.6) is 0 Å². The number of hydrogen-bond acceptors (Lipinski definition) is 4. The summed E-state index contributed by atoms with van der Waals surface area (Å²) in [5, 5.41) is 2.51. The maximum absolute atomic E-state index is 14.3. The van der Waals surface area contributed by atoms with Gasteiger partial charge in [0, 0.05) is 18.8 Å². The van der Waals surface area contributed by atoms with E-state index in [2.05, 4.69) is 5.32 Å². The summed E-state index contributed by atoms with van der Waals surface area (Å²) in [6, 6.07) is 1.27. The van der Waals surface area contributed by atoms with Crippen molar-refractivity contribution in [3.05, 3.63) is 46.7 Å². The molecule has 1 aromatic rings. The van der Waals surface area contributed by atoms with Gasteiger partial charge in [-0.15, -0.1) is 0 Å². The summed E-state index contributed by atoms with van der Waals surface area (Å²) in [5.41, 5.74) is -0.125. The van der Waals surface area contributed by atoms with E-state index in [1.54, 1.807) is 20.8 Å². The van der Waals surface area contributed by atoms with E-state index in [1.807, 2.05) is 0 Å². The number of ether oxygens (including phenoxy) is 2. The zero-order chi connectivity index (χ0) is 19.4. The molecular weight excluding hydrogens is 346 g/mol. The van der Waals surface area contributed by atoms with Gasteiger partial charge in [-0.25, -0.2) is 18.4 Å². The molecule has 0 aromatic heterocycles. The minimum absolute atomic E-state index is 0.0154. The molecule has 1 heterocycles. The zero-order valence-corrected chi connectivity index (χ0v) is 15.1. The number of rotatable bonds is 6. The average Bonchev–Trinajstić information content (AvgIpc) is 2.54. The highest BCUT2D eigenvalue weighted by Crippen LogP contribution is 2.34. The van der Waals surface area contributed by atoms with Gasteiger partial charge in [-0.2, -0.15) is 0 Å². The quantitative estimate of drug-likeness (QED) is 0.619. The summed E-state index contributed by atoms with van der Waals surface area (Å²) in [5.74, 6) is -2.48. The first-order chi connectivity index (χ1) is 12.3. The number of amides is 2. The number of nitrogens with zero attached hydrogens (tertiary/aromatic N) is 1. The molecule has 0 saturated heterocycles. The molecule has 1 aliphatic heterocycles. The number of esters is 1. The van der Waals surface area contributed by atoms with Crippen LogP contribution in [0.4, 0.5) is 13.6 Å². The van der Waals surface area contributed by atoms with Crippen LogP contribution in [0.15, 0.2) is 29.5 Å². The van der Waals surface area contributed by atoms with E-state index in [1.165, 1.54) is 18.1 Å². The number of carbonyl (C=O) groups is 2. The molecule has 2 rings (SSSR count). The van der Waals surface area contributed by atoms with Crippen molar-refractivity contribution in [1.82, 2.24) is 10.2 Å². The molecule has 0 aliphatic carbocycles. The molecule has 0 fully saturated rings. The molecule has 0 radical (unpaired) electrons. The van der Waals surface area contributed by atoms with Crippen molar-refractivity contribution in [1.29, 1.82) is 0 Å². The van der Waals surface area contributed by atoms with Crippen LogP contribution >= 0.6 is 0 Å². The molecule has 1 aliphatic rings. The van der Waals surface area contributed by atoms with Crippen molar-refractivity contribution < 1.29 is 27.8 Å². The van der Waals surface area contributed by atoms with Crippen LogP contribution in [0, 0.1) is 11.6 Å². The lowest BCUT2D eigenvalue weighted by Gasteiger charge is -2.37. The molecule has 0 bridgehead atoms. The molecule has 26 heavy (non-hydrogen) atoms. The van der Waals surface area contributed by atoms with Crippen molar-refractivity contribution in [3.8, 4) is 0 Å². The molecule has 1 N–H and O–H groups in total. The van der Waals surface area contributed by atoms with Crippen LogP contribution in [0.3, 0.4) is 0 Å². The highest BCUT2D eigenvalue weighted by Gasteiger charge is 2.39. The van der Waals surface area contributed by atoms with E-state index >= 15 is 0 Å². The summed E-state index contributed by atoms with van der Waals surface area (Å²) in [6.45, 7) is 5.24. The number of hydrogen-bond donors (Lipinski definition) is 1. The fourth-order valence-corrected chi connectivity index (χ4v) is 2.94. The summed E-state index contributed by atoms with van der Waals surface area (Å²) in [6.07, 6.45) is 0. The number of urea groups is 1. The van der Waals surface area contributed by atoms with E-state index in [0.717, 1.165) is 12.1 Å². The number of benzene rings is 1. The molecule has 0 unspecified atom stereocenters. The highest BCUT2D eigenvalue weighted by molar-refractivity contribution is 5.95. The molecule has 2 amide bonds. The minimum Gasteiger partial charge on any atom is -0.460 e. The second-order valence-corrected chi connectivity index (χ2v) is 6.11.